The second-order valence-electron chi connectivity index (χ2n) is 5.83. The molecule has 0 amide bonds. The van der Waals surface area contributed by atoms with E-state index in [-0.39, 0.29) is 0 Å². The highest BCUT2D eigenvalue weighted by atomic mass is 14.2. The molecule has 0 aliphatic carbocycles. The molecule has 1 rings (SSSR count). The van der Waals surface area contributed by atoms with E-state index in [1.807, 2.05) is 12.2 Å². The van der Waals surface area contributed by atoms with Crippen molar-refractivity contribution < 1.29 is 0 Å². The van der Waals surface area contributed by atoms with Crippen LogP contribution in [0.5, 0.6) is 0 Å². The Bertz CT molecular complexity index is 540. The molecule has 0 radical (unpaired) electrons. The lowest BCUT2D eigenvalue weighted by Crippen LogP contribution is -2.07. The Balaban J connectivity index is 3.32. The maximum Gasteiger partial charge on any atom is 0.0277 e. The van der Waals surface area contributed by atoms with E-state index in [9.17, 15) is 0 Å². The first-order chi connectivity index (χ1) is 10.1. The van der Waals surface area contributed by atoms with Crippen LogP contribution in [0.25, 0.3) is 6.08 Å². The van der Waals surface area contributed by atoms with Crippen LogP contribution in [0.2, 0.25) is 0 Å². The molecule has 0 saturated heterocycles. The van der Waals surface area contributed by atoms with Gasteiger partial charge in [-0.2, -0.15) is 0 Å². The lowest BCUT2D eigenvalue weighted by molar-refractivity contribution is 0.446. The van der Waals surface area contributed by atoms with Crippen molar-refractivity contribution in [2.45, 2.75) is 52.9 Å². The number of allylic oxidation sites excluding steroid dienone is 2. The van der Waals surface area contributed by atoms with Crippen molar-refractivity contribution in [1.29, 1.82) is 0 Å². The molecule has 2 unspecified atom stereocenters. The van der Waals surface area contributed by atoms with Gasteiger partial charge in [-0.3, -0.25) is 0 Å². The Morgan fingerprint density at radius 2 is 2.00 bits per heavy atom. The van der Waals surface area contributed by atoms with Crippen molar-refractivity contribution in [1.82, 2.24) is 0 Å². The van der Waals surface area contributed by atoms with Gasteiger partial charge in [0.1, 0.15) is 0 Å². The first-order valence-corrected chi connectivity index (χ1v) is 7.98. The van der Waals surface area contributed by atoms with Gasteiger partial charge in [-0.05, 0) is 54.4 Å². The minimum Gasteiger partial charge on any atom is -0.115 e. The fourth-order valence-electron chi connectivity index (χ4n) is 2.81. The van der Waals surface area contributed by atoms with Crippen LogP contribution in [0, 0.1) is 25.2 Å². The Hall–Kier alpha value is -1.74. The zero-order chi connectivity index (χ0) is 15.8. The second-order valence-corrected chi connectivity index (χ2v) is 5.83. The summed E-state index contributed by atoms with van der Waals surface area (Å²) in [6.45, 7) is 12.8. The van der Waals surface area contributed by atoms with Gasteiger partial charge < -0.3 is 0 Å². The predicted octanol–water partition coefficient (Wildman–Crippen LogP) is 6.11. The van der Waals surface area contributed by atoms with Crippen LogP contribution in [0.3, 0.4) is 0 Å². The van der Waals surface area contributed by atoms with E-state index >= 15 is 0 Å². The van der Waals surface area contributed by atoms with Gasteiger partial charge in [0, 0.05) is 5.56 Å². The normalized spacial score (nSPS) is 13.9. The van der Waals surface area contributed by atoms with Gasteiger partial charge in [-0.15, -0.1) is 6.42 Å². The molecule has 0 heteroatoms. The molecule has 0 heterocycles. The van der Waals surface area contributed by atoms with Crippen molar-refractivity contribution in [3.8, 4) is 12.3 Å². The highest BCUT2D eigenvalue weighted by Gasteiger charge is 2.17. The number of hydrogen-bond acceptors (Lipinski definition) is 0. The maximum absolute atomic E-state index is 5.61. The summed E-state index contributed by atoms with van der Waals surface area (Å²) in [6.07, 6.45) is 15.2. The van der Waals surface area contributed by atoms with E-state index < -0.39 is 0 Å². The van der Waals surface area contributed by atoms with Crippen molar-refractivity contribution in [3.05, 3.63) is 53.1 Å². The summed E-state index contributed by atoms with van der Waals surface area (Å²) in [5.41, 5.74) is 4.89. The van der Waals surface area contributed by atoms with Crippen molar-refractivity contribution in [2.75, 3.05) is 0 Å². The van der Waals surface area contributed by atoms with E-state index in [4.69, 9.17) is 6.42 Å². The molecule has 1 aromatic rings. The summed E-state index contributed by atoms with van der Waals surface area (Å²) < 4.78 is 0. The van der Waals surface area contributed by atoms with Gasteiger partial charge in [0.05, 0.1) is 0 Å². The summed E-state index contributed by atoms with van der Waals surface area (Å²) in [5.74, 6) is 4.13. The monoisotopic (exact) mass is 280 g/mol. The van der Waals surface area contributed by atoms with Crippen molar-refractivity contribution in [2.24, 2.45) is 5.92 Å². The SMILES string of the molecule is C#Cc1ccc(C(CC)CC(C)CC)c(/C=C\C=C)c1C. The molecular weight excluding hydrogens is 252 g/mol. The van der Waals surface area contributed by atoms with Gasteiger partial charge in [0.2, 0.25) is 0 Å². The lowest BCUT2D eigenvalue weighted by Gasteiger charge is -2.23. The molecule has 0 bridgehead atoms. The number of benzene rings is 1. The van der Waals surface area contributed by atoms with Crippen LogP contribution in [0.15, 0.2) is 30.9 Å². The average molecular weight is 280 g/mol. The molecule has 0 spiro atoms. The minimum absolute atomic E-state index is 0.593. The van der Waals surface area contributed by atoms with Gasteiger partial charge >= 0.3 is 0 Å². The van der Waals surface area contributed by atoms with Crippen LogP contribution >= 0.6 is 0 Å². The summed E-state index contributed by atoms with van der Waals surface area (Å²) >= 11 is 0. The standard InChI is InChI=1S/C21H28/c1-7-11-12-20-17(6)18(9-3)13-14-21(20)19(10-4)15-16(5)8-2/h3,7,11-14,16,19H,1,8,10,15H2,2,4-6H3/b12-11-. The van der Waals surface area contributed by atoms with Crippen LogP contribution < -0.4 is 0 Å². The molecule has 21 heavy (non-hydrogen) atoms. The predicted molar refractivity (Wildman–Crippen MR) is 95.4 cm³/mol. The maximum atomic E-state index is 5.61. The van der Waals surface area contributed by atoms with E-state index in [0.717, 1.165) is 17.9 Å². The van der Waals surface area contributed by atoms with E-state index in [2.05, 4.69) is 58.4 Å². The van der Waals surface area contributed by atoms with Crippen LogP contribution in [-0.4, -0.2) is 0 Å². The zero-order valence-corrected chi connectivity index (χ0v) is 13.9. The molecule has 0 saturated carbocycles. The fourth-order valence-corrected chi connectivity index (χ4v) is 2.81. The molecule has 0 aromatic heterocycles. The lowest BCUT2D eigenvalue weighted by atomic mass is 9.82. The van der Waals surface area contributed by atoms with Crippen LogP contribution in [-0.2, 0) is 0 Å². The first kappa shape index (κ1) is 17.3. The third kappa shape index (κ3) is 4.36. The zero-order valence-electron chi connectivity index (χ0n) is 13.9. The second kappa shape index (κ2) is 8.53. The molecule has 2 atom stereocenters. The van der Waals surface area contributed by atoms with Crippen LogP contribution in [0.4, 0.5) is 0 Å². The Kier molecular flexibility index (Phi) is 7.03. The molecule has 0 aliphatic heterocycles. The Morgan fingerprint density at radius 3 is 2.52 bits per heavy atom. The first-order valence-electron chi connectivity index (χ1n) is 7.98. The summed E-state index contributed by atoms with van der Waals surface area (Å²) in [7, 11) is 0. The molecule has 0 N–H and O–H groups in total. The highest BCUT2D eigenvalue weighted by molar-refractivity contribution is 5.63. The minimum atomic E-state index is 0.593. The molecular formula is C21H28. The number of terminal acetylenes is 1. The van der Waals surface area contributed by atoms with E-state index in [1.165, 1.54) is 29.5 Å². The molecule has 1 aromatic carbocycles. The Morgan fingerprint density at radius 1 is 1.29 bits per heavy atom. The van der Waals surface area contributed by atoms with Gasteiger partial charge in [-0.1, -0.05) is 64.0 Å². The Labute approximate surface area is 131 Å². The summed E-state index contributed by atoms with van der Waals surface area (Å²) in [4.78, 5) is 0. The summed E-state index contributed by atoms with van der Waals surface area (Å²) in [5, 5.41) is 0. The van der Waals surface area contributed by atoms with Gasteiger partial charge in [-0.25, -0.2) is 0 Å². The molecule has 112 valence electrons. The number of hydrogen-bond donors (Lipinski definition) is 0. The smallest absolute Gasteiger partial charge is 0.0277 e. The largest absolute Gasteiger partial charge is 0.115 e. The fraction of sp³-hybridized carbons (Fsp3) is 0.429. The molecule has 0 nitrogen and oxygen atoms in total. The van der Waals surface area contributed by atoms with Crippen molar-refractivity contribution >= 4 is 6.08 Å². The van der Waals surface area contributed by atoms with E-state index in [0.29, 0.717) is 5.92 Å². The van der Waals surface area contributed by atoms with Gasteiger partial charge in [0.15, 0.2) is 0 Å². The average Bonchev–Trinajstić information content (AvgIpc) is 2.51. The third-order valence-electron chi connectivity index (χ3n) is 4.42. The molecule has 0 aliphatic rings. The van der Waals surface area contributed by atoms with Crippen LogP contribution in [0.1, 0.15) is 68.2 Å². The summed E-state index contributed by atoms with van der Waals surface area (Å²) in [6, 6.07) is 4.32. The van der Waals surface area contributed by atoms with Crippen molar-refractivity contribution in [3.63, 3.8) is 0 Å². The van der Waals surface area contributed by atoms with E-state index in [1.54, 1.807) is 0 Å². The number of rotatable bonds is 7. The topological polar surface area (TPSA) is 0 Å². The third-order valence-corrected chi connectivity index (χ3v) is 4.42. The quantitative estimate of drug-likeness (QED) is 0.418. The highest BCUT2D eigenvalue weighted by Crippen LogP contribution is 2.33. The molecule has 0 fully saturated rings. The van der Waals surface area contributed by atoms with Gasteiger partial charge in [0.25, 0.3) is 0 Å².